The Kier molecular flexibility index (Phi) is 8.21. The summed E-state index contributed by atoms with van der Waals surface area (Å²) < 4.78 is 5.32. The fourth-order valence-electron chi connectivity index (χ4n) is 3.68. The Hall–Kier alpha value is -2.69. The van der Waals surface area contributed by atoms with Gasteiger partial charge in [0.2, 0.25) is 5.91 Å². The van der Waals surface area contributed by atoms with E-state index in [2.05, 4.69) is 15.5 Å². The van der Waals surface area contributed by atoms with Crippen LogP contribution in [0.5, 0.6) is 0 Å². The molecule has 10 nitrogen and oxygen atoms in total. The third-order valence-corrected chi connectivity index (χ3v) is 5.55. The minimum Gasteiger partial charge on any atom is -0.378 e. The predicted octanol–water partition coefficient (Wildman–Crippen LogP) is -0.0967. The van der Waals surface area contributed by atoms with Crippen LogP contribution in [0, 0.1) is 0 Å². The highest BCUT2D eigenvalue weighted by atomic mass is 16.5. The molecule has 2 fully saturated rings. The molecule has 0 saturated carbocycles. The Morgan fingerprint density at radius 3 is 2.39 bits per heavy atom. The van der Waals surface area contributed by atoms with Gasteiger partial charge in [0.05, 0.1) is 13.2 Å². The summed E-state index contributed by atoms with van der Waals surface area (Å²) in [4.78, 5) is 42.5. The van der Waals surface area contributed by atoms with Gasteiger partial charge in [-0.2, -0.15) is 0 Å². The summed E-state index contributed by atoms with van der Waals surface area (Å²) in [5.41, 5.74) is 7.48. The predicted molar refractivity (Wildman–Crippen MR) is 117 cm³/mol. The van der Waals surface area contributed by atoms with Crippen molar-refractivity contribution in [3.05, 3.63) is 29.3 Å². The Morgan fingerprint density at radius 1 is 1.03 bits per heavy atom. The largest absolute Gasteiger partial charge is 0.378 e. The molecule has 0 radical (unpaired) electrons. The summed E-state index contributed by atoms with van der Waals surface area (Å²) in [6, 6.07) is 5.15. The summed E-state index contributed by atoms with van der Waals surface area (Å²) in [5, 5.41) is 5.74. The number of morpholine rings is 1. The average molecular weight is 433 g/mol. The number of nitrogens with two attached hydrogens (primary N) is 1. The van der Waals surface area contributed by atoms with E-state index in [-0.39, 0.29) is 17.8 Å². The van der Waals surface area contributed by atoms with Crippen LogP contribution in [-0.2, 0) is 16.1 Å². The topological polar surface area (TPSA) is 120 Å². The number of urea groups is 1. The molecule has 1 aromatic carbocycles. The van der Waals surface area contributed by atoms with Crippen LogP contribution >= 0.6 is 0 Å². The zero-order valence-electron chi connectivity index (χ0n) is 18.1. The molecule has 10 heteroatoms. The molecule has 31 heavy (non-hydrogen) atoms. The zero-order chi connectivity index (χ0) is 22.2. The lowest BCUT2D eigenvalue weighted by Gasteiger charge is -2.34. The van der Waals surface area contributed by atoms with Crippen molar-refractivity contribution in [3.8, 4) is 0 Å². The van der Waals surface area contributed by atoms with Crippen molar-refractivity contribution in [1.82, 2.24) is 20.0 Å². The molecule has 3 rings (SSSR count). The highest BCUT2D eigenvalue weighted by Crippen LogP contribution is 2.22. The van der Waals surface area contributed by atoms with Crippen molar-refractivity contribution in [2.24, 2.45) is 5.73 Å². The quantitative estimate of drug-likeness (QED) is 0.578. The number of piperazine rings is 1. The Morgan fingerprint density at radius 2 is 1.74 bits per heavy atom. The van der Waals surface area contributed by atoms with Gasteiger partial charge in [-0.1, -0.05) is 6.07 Å². The Bertz CT molecular complexity index is 788. The standard InChI is InChI=1S/C21H32N6O4/c1-16(28)26-8-6-25(7-9-26)15-18-3-2-17(20(29)23-5-4-22)14-19(18)24-21(30)27-10-12-31-13-11-27/h2-3,14H,4-13,15,22H2,1H3,(H,23,29)(H,24,30). The number of carbonyl (C=O) groups excluding carboxylic acids is 3. The van der Waals surface area contributed by atoms with Crippen molar-refractivity contribution < 1.29 is 19.1 Å². The molecule has 0 aliphatic carbocycles. The van der Waals surface area contributed by atoms with Crippen LogP contribution in [-0.4, -0.2) is 98.1 Å². The van der Waals surface area contributed by atoms with E-state index in [0.717, 1.165) is 18.7 Å². The smallest absolute Gasteiger partial charge is 0.322 e. The molecule has 0 atom stereocenters. The SMILES string of the molecule is CC(=O)N1CCN(Cc2ccc(C(=O)NCCN)cc2NC(=O)N2CCOCC2)CC1. The second-order valence-corrected chi connectivity index (χ2v) is 7.73. The Labute approximate surface area is 182 Å². The fraction of sp³-hybridized carbons (Fsp3) is 0.571. The van der Waals surface area contributed by atoms with Gasteiger partial charge in [-0.25, -0.2) is 4.79 Å². The van der Waals surface area contributed by atoms with E-state index in [4.69, 9.17) is 10.5 Å². The number of ether oxygens (including phenoxy) is 1. The van der Waals surface area contributed by atoms with Crippen molar-refractivity contribution >= 4 is 23.5 Å². The summed E-state index contributed by atoms with van der Waals surface area (Å²) in [5.74, 6) is -0.139. The minimum atomic E-state index is -0.228. The van der Waals surface area contributed by atoms with E-state index in [0.29, 0.717) is 70.3 Å². The van der Waals surface area contributed by atoms with Gasteiger partial charge < -0.3 is 30.9 Å². The summed E-state index contributed by atoms with van der Waals surface area (Å²) >= 11 is 0. The van der Waals surface area contributed by atoms with Gasteiger partial charge in [-0.3, -0.25) is 14.5 Å². The Balaban J connectivity index is 1.74. The maximum atomic E-state index is 12.8. The van der Waals surface area contributed by atoms with Crippen LogP contribution in [0.2, 0.25) is 0 Å². The number of rotatable bonds is 6. The average Bonchev–Trinajstić information content (AvgIpc) is 2.79. The minimum absolute atomic E-state index is 0.0889. The van der Waals surface area contributed by atoms with Crippen molar-refractivity contribution in [2.75, 3.05) is 70.9 Å². The molecule has 2 aliphatic rings. The first-order valence-corrected chi connectivity index (χ1v) is 10.7. The lowest BCUT2D eigenvalue weighted by Crippen LogP contribution is -2.47. The number of benzene rings is 1. The van der Waals surface area contributed by atoms with Crippen molar-refractivity contribution in [1.29, 1.82) is 0 Å². The molecule has 1 aromatic rings. The summed E-state index contributed by atoms with van der Waals surface area (Å²) in [6.07, 6.45) is 0. The number of hydrogen-bond acceptors (Lipinski definition) is 6. The number of carbonyl (C=O) groups is 3. The molecule has 0 bridgehead atoms. The van der Waals surface area contributed by atoms with Gasteiger partial charge in [-0.05, 0) is 17.7 Å². The van der Waals surface area contributed by atoms with Crippen LogP contribution in [0.1, 0.15) is 22.8 Å². The first-order chi connectivity index (χ1) is 15.0. The normalized spacial score (nSPS) is 17.4. The monoisotopic (exact) mass is 432 g/mol. The number of anilines is 1. The summed E-state index contributed by atoms with van der Waals surface area (Å²) in [7, 11) is 0. The number of amides is 4. The van der Waals surface area contributed by atoms with Crippen LogP contribution < -0.4 is 16.4 Å². The number of hydrogen-bond donors (Lipinski definition) is 3. The molecule has 0 aromatic heterocycles. The van der Waals surface area contributed by atoms with Gasteiger partial charge in [-0.15, -0.1) is 0 Å². The first kappa shape index (κ1) is 23.0. The van der Waals surface area contributed by atoms with Crippen LogP contribution in [0.25, 0.3) is 0 Å². The van der Waals surface area contributed by atoms with Crippen molar-refractivity contribution in [3.63, 3.8) is 0 Å². The van der Waals surface area contributed by atoms with E-state index >= 15 is 0 Å². The third kappa shape index (κ3) is 6.39. The molecule has 0 unspecified atom stereocenters. The lowest BCUT2D eigenvalue weighted by molar-refractivity contribution is -0.130. The third-order valence-electron chi connectivity index (χ3n) is 5.55. The van der Waals surface area contributed by atoms with Gasteiger partial charge in [0.1, 0.15) is 0 Å². The fourth-order valence-corrected chi connectivity index (χ4v) is 3.68. The zero-order valence-corrected chi connectivity index (χ0v) is 18.1. The van der Waals surface area contributed by atoms with E-state index in [1.54, 1.807) is 24.0 Å². The van der Waals surface area contributed by atoms with E-state index in [1.165, 1.54) is 0 Å². The molecule has 2 aliphatic heterocycles. The number of nitrogens with zero attached hydrogens (tertiary/aromatic N) is 3. The van der Waals surface area contributed by atoms with Crippen LogP contribution in [0.15, 0.2) is 18.2 Å². The van der Waals surface area contributed by atoms with Gasteiger partial charge in [0, 0.05) is 77.1 Å². The van der Waals surface area contributed by atoms with E-state index < -0.39 is 0 Å². The highest BCUT2D eigenvalue weighted by molar-refractivity contribution is 5.97. The molecule has 4 N–H and O–H groups in total. The molecular weight excluding hydrogens is 400 g/mol. The van der Waals surface area contributed by atoms with E-state index in [9.17, 15) is 14.4 Å². The second-order valence-electron chi connectivity index (χ2n) is 7.73. The van der Waals surface area contributed by atoms with Crippen LogP contribution in [0.4, 0.5) is 10.5 Å². The second kappa shape index (κ2) is 11.1. The van der Waals surface area contributed by atoms with Crippen molar-refractivity contribution in [2.45, 2.75) is 13.5 Å². The van der Waals surface area contributed by atoms with Gasteiger partial charge in [0.25, 0.3) is 5.91 Å². The maximum absolute atomic E-state index is 12.8. The number of nitrogens with one attached hydrogen (secondary N) is 2. The molecule has 2 heterocycles. The van der Waals surface area contributed by atoms with Gasteiger partial charge >= 0.3 is 6.03 Å². The highest BCUT2D eigenvalue weighted by Gasteiger charge is 2.22. The first-order valence-electron chi connectivity index (χ1n) is 10.7. The molecule has 4 amide bonds. The molecule has 2 saturated heterocycles. The van der Waals surface area contributed by atoms with Gasteiger partial charge in [0.15, 0.2) is 0 Å². The molecule has 0 spiro atoms. The van der Waals surface area contributed by atoms with E-state index in [1.807, 2.05) is 11.0 Å². The van der Waals surface area contributed by atoms with Crippen LogP contribution in [0.3, 0.4) is 0 Å². The summed E-state index contributed by atoms with van der Waals surface area (Å²) in [6.45, 7) is 7.94. The molecule has 170 valence electrons. The maximum Gasteiger partial charge on any atom is 0.322 e. The molecular formula is C21H32N6O4. The lowest BCUT2D eigenvalue weighted by atomic mass is 10.1.